The highest BCUT2D eigenvalue weighted by atomic mass is 35.5. The number of nitrogens with one attached hydrogen (secondary N) is 1. The summed E-state index contributed by atoms with van der Waals surface area (Å²) in [4.78, 5) is 11.6. The summed E-state index contributed by atoms with van der Waals surface area (Å²) >= 11 is 5.76. The molecule has 0 fully saturated rings. The van der Waals surface area contributed by atoms with Crippen molar-refractivity contribution >= 4 is 23.7 Å². The van der Waals surface area contributed by atoms with E-state index in [1.54, 1.807) is 50.2 Å². The first kappa shape index (κ1) is 16.8. The van der Waals surface area contributed by atoms with Crippen LogP contribution < -0.4 is 10.2 Å². The Bertz CT molecular complexity index is 704. The largest absolute Gasteiger partial charge is 0.507 e. The van der Waals surface area contributed by atoms with E-state index in [0.717, 1.165) is 16.7 Å². The van der Waals surface area contributed by atoms with E-state index in [4.69, 9.17) is 16.3 Å². The Hall–Kier alpha value is -2.53. The topological polar surface area (TPSA) is 70.9 Å². The number of aryl methyl sites for hydroxylation is 2. The van der Waals surface area contributed by atoms with Crippen LogP contribution in [0.25, 0.3) is 0 Å². The normalized spacial score (nSPS) is 10.7. The number of carbonyl (C=O) groups excluding carboxylic acids is 1. The maximum absolute atomic E-state index is 11.6. The first-order chi connectivity index (χ1) is 11.0. The Balaban J connectivity index is 1.85. The quantitative estimate of drug-likeness (QED) is 0.652. The number of amides is 1. The summed E-state index contributed by atoms with van der Waals surface area (Å²) < 4.78 is 5.30. The second-order valence-corrected chi connectivity index (χ2v) is 5.48. The Morgan fingerprint density at radius 3 is 2.48 bits per heavy atom. The number of carbonyl (C=O) groups is 1. The van der Waals surface area contributed by atoms with Crippen molar-refractivity contribution in [3.8, 4) is 11.5 Å². The number of rotatable bonds is 5. The zero-order valence-electron chi connectivity index (χ0n) is 12.8. The number of hydrazone groups is 1. The summed E-state index contributed by atoms with van der Waals surface area (Å²) in [5.74, 6) is 0.448. The number of hydrogen-bond acceptors (Lipinski definition) is 4. The van der Waals surface area contributed by atoms with Gasteiger partial charge in [-0.05, 0) is 66.9 Å². The van der Waals surface area contributed by atoms with Crippen molar-refractivity contribution in [2.24, 2.45) is 5.10 Å². The zero-order chi connectivity index (χ0) is 16.8. The molecule has 23 heavy (non-hydrogen) atoms. The van der Waals surface area contributed by atoms with Crippen molar-refractivity contribution in [1.29, 1.82) is 0 Å². The fraction of sp³-hybridized carbons (Fsp3) is 0.176. The zero-order valence-corrected chi connectivity index (χ0v) is 13.6. The van der Waals surface area contributed by atoms with Crippen LogP contribution in [0.4, 0.5) is 0 Å². The predicted octanol–water partition coefficient (Wildman–Crippen LogP) is 3.19. The maximum Gasteiger partial charge on any atom is 0.277 e. The SMILES string of the molecule is Cc1cc(C=NNC(=O)COc2ccc(Cl)cc2)cc(C)c1O. The van der Waals surface area contributed by atoms with E-state index in [9.17, 15) is 9.90 Å². The van der Waals surface area contributed by atoms with Crippen molar-refractivity contribution in [1.82, 2.24) is 5.43 Å². The molecule has 0 heterocycles. The van der Waals surface area contributed by atoms with E-state index in [-0.39, 0.29) is 18.3 Å². The van der Waals surface area contributed by atoms with Gasteiger partial charge in [0.15, 0.2) is 6.61 Å². The summed E-state index contributed by atoms with van der Waals surface area (Å²) in [6, 6.07) is 10.3. The van der Waals surface area contributed by atoms with Gasteiger partial charge in [-0.3, -0.25) is 4.79 Å². The molecule has 0 unspecified atom stereocenters. The molecule has 0 aromatic heterocycles. The van der Waals surface area contributed by atoms with Crippen molar-refractivity contribution in [2.45, 2.75) is 13.8 Å². The molecule has 0 saturated carbocycles. The molecule has 6 heteroatoms. The van der Waals surface area contributed by atoms with Crippen LogP contribution in [0.3, 0.4) is 0 Å². The van der Waals surface area contributed by atoms with Gasteiger partial charge in [-0.25, -0.2) is 5.43 Å². The van der Waals surface area contributed by atoms with Crippen LogP contribution >= 0.6 is 11.6 Å². The lowest BCUT2D eigenvalue weighted by molar-refractivity contribution is -0.123. The third kappa shape index (κ3) is 5.00. The second-order valence-electron chi connectivity index (χ2n) is 5.04. The van der Waals surface area contributed by atoms with E-state index in [2.05, 4.69) is 10.5 Å². The minimum Gasteiger partial charge on any atom is -0.507 e. The fourth-order valence-electron chi connectivity index (χ4n) is 1.95. The maximum atomic E-state index is 11.6. The summed E-state index contributed by atoms with van der Waals surface area (Å²) in [5.41, 5.74) is 4.68. The van der Waals surface area contributed by atoms with Gasteiger partial charge in [0.1, 0.15) is 11.5 Å². The van der Waals surface area contributed by atoms with Gasteiger partial charge >= 0.3 is 0 Å². The number of phenolic OH excluding ortho intramolecular Hbond substituents is 1. The number of benzene rings is 2. The van der Waals surface area contributed by atoms with E-state index in [1.165, 1.54) is 6.21 Å². The van der Waals surface area contributed by atoms with E-state index in [1.807, 2.05) is 0 Å². The van der Waals surface area contributed by atoms with Crippen LogP contribution in [0.2, 0.25) is 5.02 Å². The van der Waals surface area contributed by atoms with Crippen LogP contribution in [0.15, 0.2) is 41.5 Å². The summed E-state index contributed by atoms with van der Waals surface area (Å²) in [6.07, 6.45) is 1.51. The Kier molecular flexibility index (Phi) is 5.60. The molecule has 0 spiro atoms. The van der Waals surface area contributed by atoms with Crippen molar-refractivity contribution < 1.29 is 14.6 Å². The van der Waals surface area contributed by atoms with Crippen LogP contribution in [0.5, 0.6) is 11.5 Å². The van der Waals surface area contributed by atoms with Crippen LogP contribution in [0, 0.1) is 13.8 Å². The van der Waals surface area contributed by atoms with E-state index >= 15 is 0 Å². The van der Waals surface area contributed by atoms with Crippen molar-refractivity contribution in [3.05, 3.63) is 58.1 Å². The molecule has 120 valence electrons. The minimum absolute atomic E-state index is 0.146. The molecule has 0 radical (unpaired) electrons. The summed E-state index contributed by atoms with van der Waals surface area (Å²) in [7, 11) is 0. The van der Waals surface area contributed by atoms with Crippen molar-refractivity contribution in [3.63, 3.8) is 0 Å². The van der Waals surface area contributed by atoms with Crippen molar-refractivity contribution in [2.75, 3.05) is 6.61 Å². The number of phenols is 1. The third-order valence-electron chi connectivity index (χ3n) is 3.10. The Morgan fingerprint density at radius 2 is 1.87 bits per heavy atom. The lowest BCUT2D eigenvalue weighted by Crippen LogP contribution is -2.24. The molecule has 0 aliphatic heterocycles. The van der Waals surface area contributed by atoms with Crippen LogP contribution in [0.1, 0.15) is 16.7 Å². The summed E-state index contributed by atoms with van der Waals surface area (Å²) in [5, 5.41) is 14.2. The highest BCUT2D eigenvalue weighted by Gasteiger charge is 2.03. The first-order valence-corrected chi connectivity index (χ1v) is 7.34. The van der Waals surface area contributed by atoms with Crippen LogP contribution in [-0.2, 0) is 4.79 Å². The average molecular weight is 333 g/mol. The minimum atomic E-state index is -0.372. The molecule has 1 amide bonds. The number of nitrogens with zero attached hydrogens (tertiary/aromatic N) is 1. The van der Waals surface area contributed by atoms with Gasteiger partial charge in [-0.15, -0.1) is 0 Å². The Labute approximate surface area is 139 Å². The first-order valence-electron chi connectivity index (χ1n) is 6.96. The molecule has 2 aromatic carbocycles. The molecule has 2 rings (SSSR count). The van der Waals surface area contributed by atoms with E-state index in [0.29, 0.717) is 10.8 Å². The number of hydrogen-bond donors (Lipinski definition) is 2. The highest BCUT2D eigenvalue weighted by molar-refractivity contribution is 6.30. The highest BCUT2D eigenvalue weighted by Crippen LogP contribution is 2.22. The van der Waals surface area contributed by atoms with Gasteiger partial charge in [0.2, 0.25) is 0 Å². The number of ether oxygens (including phenoxy) is 1. The average Bonchev–Trinajstić information content (AvgIpc) is 2.52. The van der Waals surface area contributed by atoms with Gasteiger partial charge in [0, 0.05) is 5.02 Å². The smallest absolute Gasteiger partial charge is 0.277 e. The van der Waals surface area contributed by atoms with Gasteiger partial charge in [-0.1, -0.05) is 11.6 Å². The second kappa shape index (κ2) is 7.65. The molecule has 5 nitrogen and oxygen atoms in total. The fourth-order valence-corrected chi connectivity index (χ4v) is 2.08. The molecular formula is C17H17ClN2O3. The van der Waals surface area contributed by atoms with Gasteiger partial charge in [-0.2, -0.15) is 5.10 Å². The molecule has 0 atom stereocenters. The lowest BCUT2D eigenvalue weighted by Gasteiger charge is -2.05. The standard InChI is InChI=1S/C17H17ClN2O3/c1-11-7-13(8-12(2)17(11)22)9-19-20-16(21)10-23-15-5-3-14(18)4-6-15/h3-9,22H,10H2,1-2H3,(H,20,21). The number of aromatic hydroxyl groups is 1. The Morgan fingerprint density at radius 1 is 1.26 bits per heavy atom. The van der Waals surface area contributed by atoms with Gasteiger partial charge < -0.3 is 9.84 Å². The van der Waals surface area contributed by atoms with Gasteiger partial charge in [0.05, 0.1) is 6.21 Å². The molecule has 0 aliphatic rings. The number of halogens is 1. The van der Waals surface area contributed by atoms with E-state index < -0.39 is 0 Å². The molecule has 2 aromatic rings. The molecule has 0 saturated heterocycles. The van der Waals surface area contributed by atoms with Crippen LogP contribution in [-0.4, -0.2) is 23.8 Å². The predicted molar refractivity (Wildman–Crippen MR) is 90.3 cm³/mol. The monoisotopic (exact) mass is 332 g/mol. The third-order valence-corrected chi connectivity index (χ3v) is 3.35. The molecule has 0 bridgehead atoms. The van der Waals surface area contributed by atoms with Gasteiger partial charge in [0.25, 0.3) is 5.91 Å². The molecular weight excluding hydrogens is 316 g/mol. The summed E-state index contributed by atoms with van der Waals surface area (Å²) in [6.45, 7) is 3.46. The molecule has 0 aliphatic carbocycles. The lowest BCUT2D eigenvalue weighted by atomic mass is 10.1. The molecule has 2 N–H and O–H groups in total.